The molecule has 2 aromatic carbocycles. The molecule has 7 nitrogen and oxygen atoms in total. The molecule has 1 unspecified atom stereocenters. The number of hydrogen-bond donors (Lipinski definition) is 2. The van der Waals surface area contributed by atoms with Crippen LogP contribution in [-0.2, 0) is 6.54 Å². The van der Waals surface area contributed by atoms with E-state index in [1.54, 1.807) is 29.9 Å². The van der Waals surface area contributed by atoms with Crippen LogP contribution in [0.25, 0.3) is 10.9 Å². The lowest BCUT2D eigenvalue weighted by atomic mass is 9.97. The molecule has 0 fully saturated rings. The van der Waals surface area contributed by atoms with Gasteiger partial charge in [-0.1, -0.05) is 13.8 Å². The van der Waals surface area contributed by atoms with Crippen molar-refractivity contribution in [3.05, 3.63) is 53.7 Å². The number of carbonyl (C=O) groups is 1. The molecule has 0 saturated carbocycles. The predicted octanol–water partition coefficient (Wildman–Crippen LogP) is 4.20. The smallest absolute Gasteiger partial charge is 0.255 e. The molecule has 3 rings (SSSR count). The van der Waals surface area contributed by atoms with Gasteiger partial charge in [-0.15, -0.1) is 0 Å². The normalized spacial score (nSPS) is 13.5. The number of aromatic nitrogens is 2. The molecular weight excluding hydrogens is 442 g/mol. The van der Waals surface area contributed by atoms with Crippen molar-refractivity contribution in [2.24, 2.45) is 5.92 Å². The molecule has 34 heavy (non-hydrogen) atoms. The maximum atomic E-state index is 14.3. The number of benzene rings is 2. The van der Waals surface area contributed by atoms with Crippen LogP contribution in [0, 0.1) is 17.6 Å². The Kier molecular flexibility index (Phi) is 7.89. The first-order chi connectivity index (χ1) is 16.0. The summed E-state index contributed by atoms with van der Waals surface area (Å²) in [6.07, 6.45) is 2.17. The Hall–Kier alpha value is -3.04. The molecule has 0 aliphatic rings. The molecule has 1 atom stereocenters. The van der Waals surface area contributed by atoms with Crippen LogP contribution in [0.5, 0.6) is 11.5 Å². The van der Waals surface area contributed by atoms with Crippen LogP contribution < -0.4 is 10.1 Å². The Morgan fingerprint density at radius 2 is 1.97 bits per heavy atom. The Labute approximate surface area is 198 Å². The Bertz CT molecular complexity index is 1160. The van der Waals surface area contributed by atoms with Crippen LogP contribution in [0.1, 0.15) is 37.6 Å². The molecule has 0 radical (unpaired) electrons. The largest absolute Gasteiger partial charge is 0.453 e. The molecule has 2 N–H and O–H groups in total. The summed E-state index contributed by atoms with van der Waals surface area (Å²) in [7, 11) is 3.82. The summed E-state index contributed by atoms with van der Waals surface area (Å²) in [6, 6.07) is 6.25. The lowest BCUT2D eigenvalue weighted by molar-refractivity contribution is 0.0829. The number of nitrogens with zero attached hydrogens (tertiary/aromatic N) is 3. The summed E-state index contributed by atoms with van der Waals surface area (Å²) in [4.78, 5) is 15.4. The van der Waals surface area contributed by atoms with Gasteiger partial charge in [0.1, 0.15) is 11.6 Å². The second-order valence-corrected chi connectivity index (χ2v) is 9.53. The van der Waals surface area contributed by atoms with Gasteiger partial charge in [0.2, 0.25) is 0 Å². The number of rotatable bonds is 10. The van der Waals surface area contributed by atoms with Crippen molar-refractivity contribution in [3.8, 4) is 11.5 Å². The first-order valence-corrected chi connectivity index (χ1v) is 11.2. The van der Waals surface area contributed by atoms with E-state index in [0.717, 1.165) is 17.6 Å². The lowest BCUT2D eigenvalue weighted by Crippen LogP contribution is -2.50. The lowest BCUT2D eigenvalue weighted by Gasteiger charge is -2.30. The highest BCUT2D eigenvalue weighted by molar-refractivity contribution is 6.01. The number of carbonyl (C=O) groups excluding carboxylic acids is 1. The third-order valence-corrected chi connectivity index (χ3v) is 5.51. The zero-order valence-electron chi connectivity index (χ0n) is 20.2. The summed E-state index contributed by atoms with van der Waals surface area (Å²) in [6.45, 7) is 6.93. The van der Waals surface area contributed by atoms with Gasteiger partial charge in [0, 0.05) is 18.0 Å². The van der Waals surface area contributed by atoms with E-state index in [1.165, 1.54) is 6.07 Å². The number of nitrogens with one attached hydrogen (secondary N) is 1. The highest BCUT2D eigenvalue weighted by atomic mass is 19.1. The Morgan fingerprint density at radius 1 is 1.24 bits per heavy atom. The number of fused-ring (bicyclic) bond motifs is 1. The van der Waals surface area contributed by atoms with Crippen LogP contribution in [-0.4, -0.2) is 58.5 Å². The molecule has 1 heterocycles. The van der Waals surface area contributed by atoms with Gasteiger partial charge in [-0.2, -0.15) is 5.10 Å². The average molecular weight is 475 g/mol. The topological polar surface area (TPSA) is 79.6 Å². The average Bonchev–Trinajstić information content (AvgIpc) is 3.14. The minimum absolute atomic E-state index is 0.104. The minimum Gasteiger partial charge on any atom is -0.453 e. The van der Waals surface area contributed by atoms with Gasteiger partial charge in [-0.25, -0.2) is 8.78 Å². The third kappa shape index (κ3) is 6.09. The van der Waals surface area contributed by atoms with Crippen LogP contribution in [0.3, 0.4) is 0 Å². The summed E-state index contributed by atoms with van der Waals surface area (Å²) >= 11 is 0. The van der Waals surface area contributed by atoms with Crippen molar-refractivity contribution in [2.75, 3.05) is 27.2 Å². The van der Waals surface area contributed by atoms with E-state index < -0.39 is 23.1 Å². The Morgan fingerprint density at radius 3 is 2.59 bits per heavy atom. The molecule has 0 saturated heterocycles. The Balaban J connectivity index is 2.04. The maximum Gasteiger partial charge on any atom is 0.255 e. The predicted molar refractivity (Wildman–Crippen MR) is 127 cm³/mol. The second kappa shape index (κ2) is 10.5. The highest BCUT2D eigenvalue weighted by Crippen LogP contribution is 2.32. The molecule has 9 heteroatoms. The highest BCUT2D eigenvalue weighted by Gasteiger charge is 2.28. The van der Waals surface area contributed by atoms with Gasteiger partial charge in [-0.3, -0.25) is 9.48 Å². The van der Waals surface area contributed by atoms with Crippen molar-refractivity contribution in [3.63, 3.8) is 0 Å². The van der Waals surface area contributed by atoms with Crippen LogP contribution >= 0.6 is 0 Å². The third-order valence-electron chi connectivity index (χ3n) is 5.51. The number of aliphatic hydroxyl groups is 1. The summed E-state index contributed by atoms with van der Waals surface area (Å²) in [5, 5.41) is 18.0. The molecule has 0 aliphatic carbocycles. The van der Waals surface area contributed by atoms with Crippen molar-refractivity contribution >= 4 is 16.8 Å². The molecule has 3 aromatic rings. The SMILES string of the molecule is CC(C)Cn1ncc2cc(Oc3ccc(F)cc3F)c(C(=O)NC(C)(CO)CCN(C)C)cc21. The maximum absolute atomic E-state index is 14.3. The van der Waals surface area contributed by atoms with Crippen LogP contribution in [0.4, 0.5) is 8.78 Å². The first kappa shape index (κ1) is 25.6. The van der Waals surface area contributed by atoms with Crippen molar-refractivity contribution in [2.45, 2.75) is 39.3 Å². The first-order valence-electron chi connectivity index (χ1n) is 11.2. The van der Waals surface area contributed by atoms with E-state index in [9.17, 15) is 18.7 Å². The zero-order chi connectivity index (χ0) is 25.0. The van der Waals surface area contributed by atoms with E-state index in [-0.39, 0.29) is 23.7 Å². The van der Waals surface area contributed by atoms with E-state index in [1.807, 2.05) is 19.0 Å². The standard InChI is InChI=1S/C25H32F2N4O3/c1-16(2)14-31-21-12-19(24(33)29-25(3,15-32)8-9-30(4)5)23(10-17(21)13-28-31)34-22-7-6-18(26)11-20(22)27/h6-7,10-13,16,32H,8-9,14-15H2,1-5H3,(H,29,33). The van der Waals surface area contributed by atoms with Crippen LogP contribution in [0.2, 0.25) is 0 Å². The van der Waals surface area contributed by atoms with Crippen molar-refractivity contribution < 1.29 is 23.4 Å². The second-order valence-electron chi connectivity index (χ2n) is 9.53. The monoisotopic (exact) mass is 474 g/mol. The zero-order valence-corrected chi connectivity index (χ0v) is 20.2. The number of amides is 1. The number of halogens is 2. The molecule has 0 spiro atoms. The summed E-state index contributed by atoms with van der Waals surface area (Å²) in [5.41, 5.74) is 0.00315. The van der Waals surface area contributed by atoms with Gasteiger partial charge < -0.3 is 20.1 Å². The van der Waals surface area contributed by atoms with Gasteiger partial charge in [0.05, 0.1) is 29.4 Å². The van der Waals surface area contributed by atoms with Gasteiger partial charge >= 0.3 is 0 Å². The fraction of sp³-hybridized carbons (Fsp3) is 0.440. The molecule has 1 amide bonds. The van der Waals surface area contributed by atoms with Crippen LogP contribution in [0.15, 0.2) is 36.5 Å². The minimum atomic E-state index is -0.882. The van der Waals surface area contributed by atoms with Gasteiger partial charge in [0.15, 0.2) is 11.6 Å². The quantitative estimate of drug-likeness (QED) is 0.461. The fourth-order valence-electron chi connectivity index (χ4n) is 3.53. The molecular formula is C25H32F2N4O3. The number of ether oxygens (including phenoxy) is 1. The van der Waals surface area contributed by atoms with Gasteiger partial charge in [-0.05, 0) is 64.2 Å². The molecule has 184 valence electrons. The fourth-order valence-corrected chi connectivity index (χ4v) is 3.53. The summed E-state index contributed by atoms with van der Waals surface area (Å²) in [5.74, 6) is -1.87. The molecule has 0 bridgehead atoms. The van der Waals surface area contributed by atoms with E-state index in [4.69, 9.17) is 4.74 Å². The van der Waals surface area contributed by atoms with E-state index >= 15 is 0 Å². The van der Waals surface area contributed by atoms with E-state index in [2.05, 4.69) is 24.3 Å². The van der Waals surface area contributed by atoms with Gasteiger partial charge in [0.25, 0.3) is 5.91 Å². The van der Waals surface area contributed by atoms with Crippen molar-refractivity contribution in [1.29, 1.82) is 0 Å². The van der Waals surface area contributed by atoms with Crippen molar-refractivity contribution in [1.82, 2.24) is 20.0 Å². The summed E-state index contributed by atoms with van der Waals surface area (Å²) < 4.78 is 35.2. The van der Waals surface area contributed by atoms with E-state index in [0.29, 0.717) is 30.8 Å². The molecule has 1 aromatic heterocycles. The number of aliphatic hydroxyl groups excluding tert-OH is 1. The number of hydrogen-bond acceptors (Lipinski definition) is 5. The molecule has 0 aliphatic heterocycles.